The van der Waals surface area contributed by atoms with Gasteiger partial charge in [0.2, 0.25) is 0 Å². The Balaban J connectivity index is 2.47. The normalized spacial score (nSPS) is 11.4. The number of nitrogen functional groups attached to an aromatic ring is 1. The van der Waals surface area contributed by atoms with Crippen molar-refractivity contribution < 1.29 is 12.8 Å². The third kappa shape index (κ3) is 3.37. The molecular formula is C12H10Cl2FN3O2S. The largest absolute Gasteiger partial charge is 0.399 e. The lowest BCUT2D eigenvalue weighted by Crippen LogP contribution is -2.16. The van der Waals surface area contributed by atoms with Crippen LogP contribution in [0.3, 0.4) is 0 Å². The van der Waals surface area contributed by atoms with E-state index in [4.69, 9.17) is 28.9 Å². The molecule has 0 unspecified atom stereocenters. The van der Waals surface area contributed by atoms with Gasteiger partial charge in [-0.3, -0.25) is 4.72 Å². The van der Waals surface area contributed by atoms with Gasteiger partial charge >= 0.3 is 0 Å². The van der Waals surface area contributed by atoms with Crippen molar-refractivity contribution in [3.8, 4) is 0 Å². The third-order valence-electron chi connectivity index (χ3n) is 2.62. The van der Waals surface area contributed by atoms with Crippen LogP contribution in [-0.4, -0.2) is 13.4 Å². The maximum Gasteiger partial charge on any atom is 0.264 e. The van der Waals surface area contributed by atoms with E-state index in [1.165, 1.54) is 12.1 Å². The van der Waals surface area contributed by atoms with Gasteiger partial charge in [-0.2, -0.15) is 0 Å². The molecule has 0 atom stereocenters. The average molecular weight is 350 g/mol. The van der Waals surface area contributed by atoms with Gasteiger partial charge in [0.1, 0.15) is 15.9 Å². The van der Waals surface area contributed by atoms with Crippen LogP contribution in [0.5, 0.6) is 0 Å². The number of pyridine rings is 1. The van der Waals surface area contributed by atoms with Crippen molar-refractivity contribution in [2.24, 2.45) is 0 Å². The molecule has 1 aromatic heterocycles. The van der Waals surface area contributed by atoms with E-state index in [-0.39, 0.29) is 21.7 Å². The minimum Gasteiger partial charge on any atom is -0.399 e. The fourth-order valence-electron chi connectivity index (χ4n) is 1.64. The van der Waals surface area contributed by atoms with Gasteiger partial charge in [-0.25, -0.2) is 17.8 Å². The van der Waals surface area contributed by atoms with Gasteiger partial charge in [0, 0.05) is 5.69 Å². The monoisotopic (exact) mass is 349 g/mol. The molecule has 2 aromatic rings. The smallest absolute Gasteiger partial charge is 0.264 e. The van der Waals surface area contributed by atoms with Gasteiger partial charge in [0.15, 0.2) is 5.15 Å². The zero-order valence-electron chi connectivity index (χ0n) is 10.7. The lowest BCUT2D eigenvalue weighted by molar-refractivity contribution is 0.571. The molecule has 0 amide bonds. The number of aryl methyl sites for hydroxylation is 1. The van der Waals surface area contributed by atoms with Gasteiger partial charge in [-0.05, 0) is 36.8 Å². The Bertz CT molecular complexity index is 789. The maximum absolute atomic E-state index is 13.7. The van der Waals surface area contributed by atoms with Crippen LogP contribution < -0.4 is 10.5 Å². The van der Waals surface area contributed by atoms with Gasteiger partial charge in [-0.15, -0.1) is 0 Å². The summed E-state index contributed by atoms with van der Waals surface area (Å²) in [7, 11) is -4.17. The van der Waals surface area contributed by atoms with Gasteiger partial charge in [0.05, 0.1) is 5.69 Å². The maximum atomic E-state index is 13.7. The average Bonchev–Trinajstić information content (AvgIpc) is 2.33. The molecule has 0 saturated heterocycles. The van der Waals surface area contributed by atoms with E-state index in [0.29, 0.717) is 5.56 Å². The van der Waals surface area contributed by atoms with Gasteiger partial charge in [0.25, 0.3) is 10.0 Å². The molecule has 5 nitrogen and oxygen atoms in total. The molecule has 1 aromatic carbocycles. The molecular weight excluding hydrogens is 340 g/mol. The van der Waals surface area contributed by atoms with Crippen LogP contribution in [0.2, 0.25) is 10.3 Å². The molecule has 0 fully saturated rings. The molecule has 0 spiro atoms. The lowest BCUT2D eigenvalue weighted by Gasteiger charge is -2.12. The molecule has 2 rings (SSSR count). The number of halogens is 3. The highest BCUT2D eigenvalue weighted by Crippen LogP contribution is 2.29. The quantitative estimate of drug-likeness (QED) is 0.658. The molecule has 3 N–H and O–H groups in total. The number of rotatable bonds is 3. The summed E-state index contributed by atoms with van der Waals surface area (Å²) in [5, 5.41) is -0.00135. The molecule has 1 heterocycles. The number of hydrogen-bond acceptors (Lipinski definition) is 4. The topological polar surface area (TPSA) is 85.1 Å². The van der Waals surface area contributed by atoms with Crippen LogP contribution in [0.1, 0.15) is 5.56 Å². The fourth-order valence-corrected chi connectivity index (χ4v) is 3.48. The van der Waals surface area contributed by atoms with Crippen LogP contribution in [0.4, 0.5) is 15.8 Å². The molecule has 0 saturated carbocycles. The summed E-state index contributed by atoms with van der Waals surface area (Å²) < 4.78 is 40.4. The number of nitrogens with one attached hydrogen (secondary N) is 1. The van der Waals surface area contributed by atoms with Crippen molar-refractivity contribution in [2.45, 2.75) is 11.8 Å². The van der Waals surface area contributed by atoms with Crippen molar-refractivity contribution in [1.29, 1.82) is 0 Å². The Morgan fingerprint density at radius 1 is 1.29 bits per heavy atom. The fraction of sp³-hybridized carbons (Fsp3) is 0.0833. The second-order valence-corrected chi connectivity index (χ2v) is 6.62. The minimum atomic E-state index is -4.17. The number of nitrogens with two attached hydrogens (primary N) is 1. The molecule has 112 valence electrons. The first-order valence-electron chi connectivity index (χ1n) is 5.61. The number of hydrogen-bond donors (Lipinski definition) is 2. The molecule has 9 heteroatoms. The first-order valence-corrected chi connectivity index (χ1v) is 7.85. The van der Waals surface area contributed by atoms with E-state index in [9.17, 15) is 12.8 Å². The van der Waals surface area contributed by atoms with E-state index < -0.39 is 20.7 Å². The van der Waals surface area contributed by atoms with Crippen LogP contribution >= 0.6 is 23.2 Å². The van der Waals surface area contributed by atoms with Crippen LogP contribution in [0, 0.1) is 12.7 Å². The predicted octanol–water partition coefficient (Wildman–Crippen LogP) is 3.22. The van der Waals surface area contributed by atoms with Crippen LogP contribution in [0.25, 0.3) is 0 Å². The summed E-state index contributed by atoms with van der Waals surface area (Å²) in [6, 6.07) is 4.71. The zero-order valence-corrected chi connectivity index (χ0v) is 13.0. The highest BCUT2D eigenvalue weighted by Gasteiger charge is 2.22. The van der Waals surface area contributed by atoms with Crippen LogP contribution in [-0.2, 0) is 10.0 Å². The Hall–Kier alpha value is -1.57. The predicted molar refractivity (Wildman–Crippen MR) is 80.6 cm³/mol. The second kappa shape index (κ2) is 5.67. The standard InChI is InChI=1S/C12H10Cl2FN3O2S/c1-6-4-10(13)17-12(14)11(6)18-21(19,20)9-3-2-7(16)5-8(9)15/h2-5,18H,16H2,1H3. The van der Waals surface area contributed by atoms with Crippen molar-refractivity contribution >= 4 is 44.6 Å². The van der Waals surface area contributed by atoms with Crippen molar-refractivity contribution in [3.63, 3.8) is 0 Å². The third-order valence-corrected chi connectivity index (χ3v) is 4.47. The van der Waals surface area contributed by atoms with E-state index in [0.717, 1.165) is 12.1 Å². The number of nitrogens with zero attached hydrogens (tertiary/aromatic N) is 1. The van der Waals surface area contributed by atoms with Gasteiger partial charge < -0.3 is 5.73 Å². The number of anilines is 2. The Morgan fingerprint density at radius 3 is 2.52 bits per heavy atom. The molecule has 0 aliphatic heterocycles. The Labute approximate surface area is 130 Å². The highest BCUT2D eigenvalue weighted by molar-refractivity contribution is 7.92. The van der Waals surface area contributed by atoms with E-state index >= 15 is 0 Å². The van der Waals surface area contributed by atoms with E-state index in [2.05, 4.69) is 9.71 Å². The molecule has 21 heavy (non-hydrogen) atoms. The lowest BCUT2D eigenvalue weighted by atomic mass is 10.3. The van der Waals surface area contributed by atoms with Crippen molar-refractivity contribution in [3.05, 3.63) is 46.0 Å². The summed E-state index contributed by atoms with van der Waals surface area (Å²) in [6.45, 7) is 1.59. The molecule has 0 radical (unpaired) electrons. The summed E-state index contributed by atoms with van der Waals surface area (Å²) in [4.78, 5) is 3.20. The van der Waals surface area contributed by atoms with E-state index in [1.54, 1.807) is 6.92 Å². The molecule has 0 aliphatic carbocycles. The zero-order chi connectivity index (χ0) is 15.8. The first-order chi connectivity index (χ1) is 9.70. The number of sulfonamides is 1. The summed E-state index contributed by atoms with van der Waals surface area (Å²) >= 11 is 11.6. The summed E-state index contributed by atoms with van der Waals surface area (Å²) in [5.74, 6) is -0.960. The Morgan fingerprint density at radius 2 is 1.95 bits per heavy atom. The van der Waals surface area contributed by atoms with Crippen molar-refractivity contribution in [1.82, 2.24) is 4.98 Å². The summed E-state index contributed by atoms with van der Waals surface area (Å²) in [5.41, 5.74) is 6.00. The molecule has 0 aliphatic rings. The summed E-state index contributed by atoms with van der Waals surface area (Å²) in [6.07, 6.45) is 0. The number of benzene rings is 1. The first kappa shape index (κ1) is 15.8. The molecule has 0 bridgehead atoms. The highest BCUT2D eigenvalue weighted by atomic mass is 35.5. The van der Waals surface area contributed by atoms with Gasteiger partial charge in [-0.1, -0.05) is 23.2 Å². The second-order valence-electron chi connectivity index (χ2n) is 4.22. The SMILES string of the molecule is Cc1cc(Cl)nc(Cl)c1NS(=O)(=O)c1ccc(N)cc1F. The van der Waals surface area contributed by atoms with E-state index in [1.807, 2.05) is 0 Å². The van der Waals surface area contributed by atoms with Crippen LogP contribution in [0.15, 0.2) is 29.2 Å². The minimum absolute atomic E-state index is 0.0392. The Kier molecular flexibility index (Phi) is 4.27. The van der Waals surface area contributed by atoms with Crippen molar-refractivity contribution in [2.75, 3.05) is 10.5 Å². The number of aromatic nitrogens is 1.